The fourth-order valence-electron chi connectivity index (χ4n) is 2.82. The van der Waals surface area contributed by atoms with E-state index < -0.39 is 15.4 Å². The number of hydrogen-bond donors (Lipinski definition) is 1. The predicted molar refractivity (Wildman–Crippen MR) is 69.8 cm³/mol. The molecule has 2 aliphatic rings. The monoisotopic (exact) mass is 271 g/mol. The van der Waals surface area contributed by atoms with E-state index in [0.29, 0.717) is 18.9 Å². The second-order valence-electron chi connectivity index (χ2n) is 5.58. The number of likely N-dealkylation sites (N-methyl/N-ethyl adjacent to an activating group) is 2. The minimum absolute atomic E-state index is 0.0647. The molecule has 2 rings (SSSR count). The van der Waals surface area contributed by atoms with Crippen molar-refractivity contribution in [1.82, 2.24) is 10.2 Å². The molecule has 6 heteroatoms. The first-order chi connectivity index (χ1) is 8.42. The van der Waals surface area contributed by atoms with Crippen LogP contribution in [0, 0.1) is 17.2 Å². The maximum Gasteiger partial charge on any atom is 0.151 e. The molecule has 5 nitrogen and oxygen atoms in total. The molecule has 0 spiro atoms. The van der Waals surface area contributed by atoms with Gasteiger partial charge in [-0.15, -0.1) is 0 Å². The van der Waals surface area contributed by atoms with Gasteiger partial charge in [-0.2, -0.15) is 5.26 Å². The molecule has 2 unspecified atom stereocenters. The molecule has 1 aliphatic carbocycles. The molecule has 1 saturated carbocycles. The average molecular weight is 271 g/mol. The predicted octanol–water partition coefficient (Wildman–Crippen LogP) is -0.00292. The lowest BCUT2D eigenvalue weighted by Gasteiger charge is -2.33. The molecule has 1 aliphatic heterocycles. The molecule has 1 heterocycles. The topological polar surface area (TPSA) is 73.2 Å². The van der Waals surface area contributed by atoms with E-state index >= 15 is 0 Å². The summed E-state index contributed by atoms with van der Waals surface area (Å²) in [7, 11) is 0.889. The van der Waals surface area contributed by atoms with Gasteiger partial charge in [-0.25, -0.2) is 8.42 Å². The summed E-state index contributed by atoms with van der Waals surface area (Å²) in [4.78, 5) is 2.04. The number of nitriles is 1. The Kier molecular flexibility index (Phi) is 3.67. The third kappa shape index (κ3) is 2.68. The van der Waals surface area contributed by atoms with Crippen LogP contribution in [0.15, 0.2) is 0 Å². The number of rotatable bonds is 5. The van der Waals surface area contributed by atoms with Crippen molar-refractivity contribution < 1.29 is 8.42 Å². The smallest absolute Gasteiger partial charge is 0.151 e. The second-order valence-corrected chi connectivity index (χ2v) is 7.81. The largest absolute Gasteiger partial charge is 0.301 e. The van der Waals surface area contributed by atoms with Gasteiger partial charge < -0.3 is 5.32 Å². The van der Waals surface area contributed by atoms with Gasteiger partial charge in [-0.3, -0.25) is 4.90 Å². The van der Waals surface area contributed by atoms with E-state index in [1.165, 1.54) is 0 Å². The van der Waals surface area contributed by atoms with Crippen molar-refractivity contribution in [2.75, 3.05) is 32.1 Å². The van der Waals surface area contributed by atoms with Crippen LogP contribution in [0.4, 0.5) is 0 Å². The molecule has 0 aromatic heterocycles. The lowest BCUT2D eigenvalue weighted by molar-refractivity contribution is 0.194. The zero-order valence-electron chi connectivity index (χ0n) is 11.0. The lowest BCUT2D eigenvalue weighted by Crippen LogP contribution is -2.54. The normalized spacial score (nSPS) is 30.0. The van der Waals surface area contributed by atoms with Crippen molar-refractivity contribution in [1.29, 1.82) is 5.26 Å². The van der Waals surface area contributed by atoms with Crippen LogP contribution in [0.1, 0.15) is 19.3 Å². The van der Waals surface area contributed by atoms with E-state index in [4.69, 9.17) is 0 Å². The first kappa shape index (κ1) is 13.8. The summed E-state index contributed by atoms with van der Waals surface area (Å²) in [6, 6.07) is 2.46. The average Bonchev–Trinajstić information content (AvgIpc) is 3.11. The Morgan fingerprint density at radius 2 is 2.11 bits per heavy atom. The van der Waals surface area contributed by atoms with E-state index in [1.54, 1.807) is 0 Å². The van der Waals surface area contributed by atoms with Gasteiger partial charge >= 0.3 is 0 Å². The molecule has 0 radical (unpaired) electrons. The standard InChI is InChI=1S/C12H21N3O2S/c1-14-12(8-13,10-3-4-10)9-15(2)11-5-6-18(16,17)7-11/h10-11,14H,3-7,9H2,1-2H3. The maximum atomic E-state index is 11.5. The summed E-state index contributed by atoms with van der Waals surface area (Å²) in [6.45, 7) is 0.602. The molecular weight excluding hydrogens is 250 g/mol. The lowest BCUT2D eigenvalue weighted by atomic mass is 9.94. The van der Waals surface area contributed by atoms with Gasteiger partial charge in [0.25, 0.3) is 0 Å². The third-order valence-electron chi connectivity index (χ3n) is 4.25. The van der Waals surface area contributed by atoms with E-state index in [9.17, 15) is 13.7 Å². The number of hydrogen-bond acceptors (Lipinski definition) is 5. The highest BCUT2D eigenvalue weighted by atomic mass is 32.2. The van der Waals surface area contributed by atoms with E-state index in [2.05, 4.69) is 11.4 Å². The van der Waals surface area contributed by atoms with Crippen molar-refractivity contribution in [3.05, 3.63) is 0 Å². The van der Waals surface area contributed by atoms with Gasteiger partial charge in [-0.1, -0.05) is 0 Å². The highest BCUT2D eigenvalue weighted by Crippen LogP contribution is 2.40. The first-order valence-corrected chi connectivity index (χ1v) is 8.25. The maximum absolute atomic E-state index is 11.5. The van der Waals surface area contributed by atoms with Crippen molar-refractivity contribution in [2.24, 2.45) is 5.92 Å². The molecule has 0 aromatic rings. The van der Waals surface area contributed by atoms with Crippen LogP contribution in [0.2, 0.25) is 0 Å². The molecule has 0 amide bonds. The minimum Gasteiger partial charge on any atom is -0.301 e. The number of sulfone groups is 1. The Morgan fingerprint density at radius 3 is 2.50 bits per heavy atom. The summed E-state index contributed by atoms with van der Waals surface area (Å²) < 4.78 is 23.0. The van der Waals surface area contributed by atoms with Crippen LogP contribution in [-0.4, -0.2) is 57.0 Å². The van der Waals surface area contributed by atoms with Crippen molar-refractivity contribution in [3.63, 3.8) is 0 Å². The molecule has 1 N–H and O–H groups in total. The fourth-order valence-corrected chi connectivity index (χ4v) is 4.62. The Morgan fingerprint density at radius 1 is 1.44 bits per heavy atom. The minimum atomic E-state index is -2.86. The summed E-state index contributed by atoms with van der Waals surface area (Å²) in [6.07, 6.45) is 2.87. The fraction of sp³-hybridized carbons (Fsp3) is 0.917. The van der Waals surface area contributed by atoms with Crippen LogP contribution >= 0.6 is 0 Å². The quantitative estimate of drug-likeness (QED) is 0.762. The van der Waals surface area contributed by atoms with Crippen molar-refractivity contribution >= 4 is 9.84 Å². The van der Waals surface area contributed by atoms with Gasteiger partial charge in [-0.05, 0) is 39.3 Å². The summed E-state index contributed by atoms with van der Waals surface area (Å²) in [5, 5.41) is 12.6. The molecule has 2 fully saturated rings. The molecule has 2 atom stereocenters. The summed E-state index contributed by atoms with van der Waals surface area (Å²) in [5.41, 5.74) is -0.513. The number of nitrogens with one attached hydrogen (secondary N) is 1. The summed E-state index contributed by atoms with van der Waals surface area (Å²) >= 11 is 0. The number of nitrogens with zero attached hydrogens (tertiary/aromatic N) is 2. The molecule has 0 aromatic carbocycles. The SMILES string of the molecule is CNC(C#N)(CN(C)C1CCS(=O)(=O)C1)C1CC1. The molecular formula is C12H21N3O2S. The zero-order chi connectivity index (χ0) is 13.4. The Balaban J connectivity index is 2.02. The highest BCUT2D eigenvalue weighted by molar-refractivity contribution is 7.91. The Labute approximate surface area is 109 Å². The van der Waals surface area contributed by atoms with Crippen LogP contribution in [0.25, 0.3) is 0 Å². The zero-order valence-corrected chi connectivity index (χ0v) is 11.8. The van der Waals surface area contributed by atoms with Gasteiger partial charge in [0.2, 0.25) is 0 Å². The Hall–Kier alpha value is -0.640. The molecule has 0 bridgehead atoms. The van der Waals surface area contributed by atoms with Crippen molar-refractivity contribution in [2.45, 2.75) is 30.8 Å². The first-order valence-electron chi connectivity index (χ1n) is 6.43. The van der Waals surface area contributed by atoms with E-state index in [-0.39, 0.29) is 17.5 Å². The van der Waals surface area contributed by atoms with Gasteiger partial charge in [0.1, 0.15) is 5.54 Å². The van der Waals surface area contributed by atoms with Crippen molar-refractivity contribution in [3.8, 4) is 6.07 Å². The van der Waals surface area contributed by atoms with Crippen LogP contribution < -0.4 is 5.32 Å². The van der Waals surface area contributed by atoms with Crippen LogP contribution in [0.5, 0.6) is 0 Å². The van der Waals surface area contributed by atoms with Crippen LogP contribution in [-0.2, 0) is 9.84 Å². The second kappa shape index (κ2) is 4.80. The van der Waals surface area contributed by atoms with Crippen LogP contribution in [0.3, 0.4) is 0 Å². The molecule has 18 heavy (non-hydrogen) atoms. The van der Waals surface area contributed by atoms with E-state index in [0.717, 1.165) is 12.8 Å². The molecule has 1 saturated heterocycles. The molecule has 102 valence electrons. The van der Waals surface area contributed by atoms with E-state index in [1.807, 2.05) is 19.0 Å². The summed E-state index contributed by atoms with van der Waals surface area (Å²) in [5.74, 6) is 0.928. The van der Waals surface area contributed by atoms with Gasteiger partial charge in [0.15, 0.2) is 9.84 Å². The third-order valence-corrected chi connectivity index (χ3v) is 6.00. The highest BCUT2D eigenvalue weighted by Gasteiger charge is 2.46. The van der Waals surface area contributed by atoms with Gasteiger partial charge in [0.05, 0.1) is 17.6 Å². The Bertz CT molecular complexity index is 452. The van der Waals surface area contributed by atoms with Gasteiger partial charge in [0, 0.05) is 12.6 Å².